The number of pyridine rings is 1. The van der Waals surface area contributed by atoms with Crippen LogP contribution in [-0.4, -0.2) is 33.0 Å². The number of carbonyl (C=O) groups is 1. The highest BCUT2D eigenvalue weighted by Crippen LogP contribution is 2.30. The van der Waals surface area contributed by atoms with Crippen molar-refractivity contribution in [3.8, 4) is 5.75 Å². The summed E-state index contributed by atoms with van der Waals surface area (Å²) < 4.78 is 31.7. The molecule has 28 heavy (non-hydrogen) atoms. The number of nitrogens with zero attached hydrogens (tertiary/aromatic N) is 1. The quantitative estimate of drug-likeness (QED) is 0.768. The number of carbonyl (C=O) groups excluding carboxylic acids is 1. The number of aromatic nitrogens is 1. The van der Waals surface area contributed by atoms with Crippen molar-refractivity contribution in [2.75, 3.05) is 13.7 Å². The monoisotopic (exact) mass is 402 g/mol. The summed E-state index contributed by atoms with van der Waals surface area (Å²) in [5, 5.41) is 1.98. The third-order valence-corrected chi connectivity index (χ3v) is 7.37. The Labute approximate surface area is 166 Å². The molecule has 3 rings (SSSR count). The summed E-state index contributed by atoms with van der Waals surface area (Å²) in [5.41, 5.74) is 0.558. The van der Waals surface area contributed by atoms with Crippen molar-refractivity contribution in [2.24, 2.45) is 5.92 Å². The molecule has 1 aromatic heterocycles. The largest absolute Gasteiger partial charge is 0.497 e. The van der Waals surface area contributed by atoms with E-state index in [-0.39, 0.29) is 23.3 Å². The van der Waals surface area contributed by atoms with Gasteiger partial charge >= 0.3 is 0 Å². The zero-order valence-corrected chi connectivity index (χ0v) is 16.8. The summed E-state index contributed by atoms with van der Waals surface area (Å²) in [6, 6.07) is 9.73. The summed E-state index contributed by atoms with van der Waals surface area (Å²) in [5.74, 6) is 0.507. The van der Waals surface area contributed by atoms with Crippen molar-refractivity contribution in [1.82, 2.24) is 10.3 Å². The Morgan fingerprint density at radius 1 is 1.18 bits per heavy atom. The summed E-state index contributed by atoms with van der Waals surface area (Å²) in [4.78, 5) is 16.8. The van der Waals surface area contributed by atoms with Gasteiger partial charge in [0.1, 0.15) is 11.0 Å². The lowest BCUT2D eigenvalue weighted by molar-refractivity contribution is -0.125. The van der Waals surface area contributed by atoms with E-state index in [0.29, 0.717) is 11.3 Å². The first kappa shape index (κ1) is 20.3. The van der Waals surface area contributed by atoms with Crippen LogP contribution in [0.15, 0.2) is 53.7 Å². The Hall–Kier alpha value is -2.41. The molecule has 1 aromatic carbocycles. The van der Waals surface area contributed by atoms with Crippen molar-refractivity contribution < 1.29 is 17.9 Å². The van der Waals surface area contributed by atoms with Gasteiger partial charge in [0.15, 0.2) is 9.84 Å². The van der Waals surface area contributed by atoms with Gasteiger partial charge in [-0.25, -0.2) is 8.42 Å². The molecular formula is C21H26N2O4S. The molecule has 0 aliphatic heterocycles. The minimum Gasteiger partial charge on any atom is -0.497 e. The molecular weight excluding hydrogens is 376 g/mol. The lowest BCUT2D eigenvalue weighted by Crippen LogP contribution is -2.36. The number of sulfone groups is 1. The number of rotatable bonds is 7. The highest BCUT2D eigenvalue weighted by molar-refractivity contribution is 7.91. The van der Waals surface area contributed by atoms with Crippen LogP contribution in [0.4, 0.5) is 0 Å². The van der Waals surface area contributed by atoms with E-state index in [1.165, 1.54) is 19.2 Å². The standard InChI is InChI=1S/C21H26N2O4S/c1-27-18-9-11-19(12-10-18)28(25,26)20(17-8-5-13-22-14-17)15-23-21(24)16-6-3-2-4-7-16/h5,8-14,16,20H,2-4,6-7,15H2,1H3,(H,23,24). The van der Waals surface area contributed by atoms with Gasteiger partial charge in [0, 0.05) is 24.9 Å². The third kappa shape index (κ3) is 4.70. The normalized spacial score (nSPS) is 16.3. The van der Waals surface area contributed by atoms with E-state index in [1.807, 2.05) is 0 Å². The molecule has 0 saturated heterocycles. The average molecular weight is 403 g/mol. The van der Waals surface area contributed by atoms with Crippen molar-refractivity contribution >= 4 is 15.7 Å². The average Bonchev–Trinajstić information content (AvgIpc) is 2.75. The Morgan fingerprint density at radius 3 is 2.50 bits per heavy atom. The number of methoxy groups -OCH3 is 1. The maximum atomic E-state index is 13.3. The van der Waals surface area contributed by atoms with Gasteiger partial charge in [-0.05, 0) is 48.7 Å². The minimum atomic E-state index is -3.72. The number of amides is 1. The zero-order valence-electron chi connectivity index (χ0n) is 16.0. The molecule has 1 fully saturated rings. The Morgan fingerprint density at radius 2 is 1.89 bits per heavy atom. The molecule has 1 amide bonds. The summed E-state index contributed by atoms with van der Waals surface area (Å²) in [6.07, 6.45) is 8.14. The number of hydrogen-bond donors (Lipinski definition) is 1. The van der Waals surface area contributed by atoms with Crippen LogP contribution in [0.5, 0.6) is 5.75 Å². The topological polar surface area (TPSA) is 85.4 Å². The Kier molecular flexibility index (Phi) is 6.67. The molecule has 1 unspecified atom stereocenters. The van der Waals surface area contributed by atoms with Crippen molar-refractivity contribution in [1.29, 1.82) is 0 Å². The van der Waals surface area contributed by atoms with Crippen LogP contribution in [0.25, 0.3) is 0 Å². The molecule has 0 radical (unpaired) electrons. The van der Waals surface area contributed by atoms with E-state index >= 15 is 0 Å². The summed E-state index contributed by atoms with van der Waals surface area (Å²) >= 11 is 0. The van der Waals surface area contributed by atoms with Gasteiger partial charge in [0.2, 0.25) is 5.91 Å². The van der Waals surface area contributed by atoms with Gasteiger partial charge in [-0.1, -0.05) is 25.3 Å². The van der Waals surface area contributed by atoms with Gasteiger partial charge < -0.3 is 10.1 Å². The van der Waals surface area contributed by atoms with E-state index < -0.39 is 15.1 Å². The van der Waals surface area contributed by atoms with Crippen LogP contribution in [0.1, 0.15) is 42.9 Å². The van der Waals surface area contributed by atoms with Crippen molar-refractivity contribution in [3.63, 3.8) is 0 Å². The van der Waals surface area contributed by atoms with Crippen LogP contribution in [-0.2, 0) is 14.6 Å². The van der Waals surface area contributed by atoms with Gasteiger partial charge in [0.05, 0.1) is 12.0 Å². The van der Waals surface area contributed by atoms with Crippen molar-refractivity contribution in [2.45, 2.75) is 42.2 Å². The Balaban J connectivity index is 1.83. The maximum absolute atomic E-state index is 13.3. The molecule has 6 nitrogen and oxygen atoms in total. The Bertz CT molecular complexity index is 876. The highest BCUT2D eigenvalue weighted by atomic mass is 32.2. The number of benzene rings is 1. The third-order valence-electron chi connectivity index (χ3n) is 5.26. The molecule has 1 heterocycles. The lowest BCUT2D eigenvalue weighted by atomic mass is 9.88. The molecule has 1 aliphatic rings. The molecule has 0 spiro atoms. The molecule has 1 saturated carbocycles. The van der Waals surface area contributed by atoms with E-state index in [9.17, 15) is 13.2 Å². The lowest BCUT2D eigenvalue weighted by Gasteiger charge is -2.23. The van der Waals surface area contributed by atoms with Crippen LogP contribution < -0.4 is 10.1 Å². The van der Waals surface area contributed by atoms with E-state index in [0.717, 1.165) is 32.1 Å². The molecule has 1 N–H and O–H groups in total. The minimum absolute atomic E-state index is 0.0213. The van der Waals surface area contributed by atoms with Crippen molar-refractivity contribution in [3.05, 3.63) is 54.4 Å². The second kappa shape index (κ2) is 9.19. The molecule has 2 aromatic rings. The van der Waals surface area contributed by atoms with Crippen LogP contribution in [0.2, 0.25) is 0 Å². The predicted molar refractivity (Wildman–Crippen MR) is 107 cm³/mol. The van der Waals surface area contributed by atoms with Gasteiger partial charge in [0.25, 0.3) is 0 Å². The van der Waals surface area contributed by atoms with Crippen LogP contribution in [0.3, 0.4) is 0 Å². The van der Waals surface area contributed by atoms with E-state index in [2.05, 4.69) is 10.3 Å². The van der Waals surface area contributed by atoms with Crippen LogP contribution >= 0.6 is 0 Å². The van der Waals surface area contributed by atoms with Gasteiger partial charge in [-0.3, -0.25) is 9.78 Å². The number of ether oxygens (including phenoxy) is 1. The van der Waals surface area contributed by atoms with Gasteiger partial charge in [-0.15, -0.1) is 0 Å². The fourth-order valence-electron chi connectivity index (χ4n) is 3.61. The fraction of sp³-hybridized carbons (Fsp3) is 0.429. The van der Waals surface area contributed by atoms with E-state index in [1.54, 1.807) is 36.7 Å². The molecule has 1 atom stereocenters. The molecule has 0 bridgehead atoms. The summed E-state index contributed by atoms with van der Waals surface area (Å²) in [7, 11) is -2.19. The second-order valence-corrected chi connectivity index (χ2v) is 9.21. The second-order valence-electron chi connectivity index (χ2n) is 7.08. The van der Waals surface area contributed by atoms with E-state index in [4.69, 9.17) is 4.74 Å². The SMILES string of the molecule is COc1ccc(S(=O)(=O)C(CNC(=O)C2CCCCC2)c2cccnc2)cc1. The zero-order chi connectivity index (χ0) is 20.0. The highest BCUT2D eigenvalue weighted by Gasteiger charge is 2.31. The first-order chi connectivity index (χ1) is 13.5. The van der Waals surface area contributed by atoms with Crippen LogP contribution in [0, 0.1) is 5.92 Å². The molecule has 150 valence electrons. The fourth-order valence-corrected chi connectivity index (χ4v) is 5.25. The first-order valence-electron chi connectivity index (χ1n) is 9.58. The molecule has 1 aliphatic carbocycles. The summed E-state index contributed by atoms with van der Waals surface area (Å²) in [6.45, 7) is 0.0232. The number of hydrogen-bond acceptors (Lipinski definition) is 5. The smallest absolute Gasteiger partial charge is 0.223 e. The maximum Gasteiger partial charge on any atom is 0.223 e. The first-order valence-corrected chi connectivity index (χ1v) is 11.1. The van der Waals surface area contributed by atoms with Gasteiger partial charge in [-0.2, -0.15) is 0 Å². The predicted octanol–water partition coefficient (Wildman–Crippen LogP) is 3.30. The number of nitrogens with one attached hydrogen (secondary N) is 1. The molecule has 7 heteroatoms.